The van der Waals surface area contributed by atoms with Crippen LogP contribution < -0.4 is 5.73 Å². The molecule has 2 N–H and O–H groups in total. The highest BCUT2D eigenvalue weighted by molar-refractivity contribution is 7.19. The SMILES string of the molecule is Cc1sccc1C(N)c1cc2ccc(F)cc2s1. The summed E-state index contributed by atoms with van der Waals surface area (Å²) < 4.78 is 14.1. The predicted octanol–water partition coefficient (Wildman–Crippen LogP) is 4.46. The van der Waals surface area contributed by atoms with Gasteiger partial charge < -0.3 is 5.73 Å². The molecule has 0 fully saturated rings. The summed E-state index contributed by atoms with van der Waals surface area (Å²) in [6, 6.07) is 8.86. The molecule has 0 radical (unpaired) electrons. The first-order valence-corrected chi connectivity index (χ1v) is 7.33. The average Bonchev–Trinajstić information content (AvgIpc) is 2.93. The highest BCUT2D eigenvalue weighted by Gasteiger charge is 2.15. The molecule has 92 valence electrons. The molecule has 18 heavy (non-hydrogen) atoms. The molecule has 1 aromatic carbocycles. The Morgan fingerprint density at radius 3 is 2.78 bits per heavy atom. The third kappa shape index (κ3) is 1.96. The summed E-state index contributed by atoms with van der Waals surface area (Å²) in [6.07, 6.45) is 0. The minimum atomic E-state index is -0.198. The number of aryl methyl sites for hydroxylation is 1. The van der Waals surface area contributed by atoms with E-state index in [1.54, 1.807) is 34.8 Å². The van der Waals surface area contributed by atoms with Crippen molar-refractivity contribution in [3.63, 3.8) is 0 Å². The van der Waals surface area contributed by atoms with Crippen LogP contribution in [0.5, 0.6) is 0 Å². The molecule has 4 heteroatoms. The molecule has 1 unspecified atom stereocenters. The van der Waals surface area contributed by atoms with Gasteiger partial charge in [0.2, 0.25) is 0 Å². The molecule has 0 aliphatic rings. The van der Waals surface area contributed by atoms with Crippen molar-refractivity contribution in [2.75, 3.05) is 0 Å². The smallest absolute Gasteiger partial charge is 0.124 e. The van der Waals surface area contributed by atoms with Gasteiger partial charge in [-0.2, -0.15) is 0 Å². The van der Waals surface area contributed by atoms with Crippen LogP contribution >= 0.6 is 22.7 Å². The molecule has 0 aliphatic heterocycles. The summed E-state index contributed by atoms with van der Waals surface area (Å²) in [5, 5.41) is 3.11. The second-order valence-electron chi connectivity index (χ2n) is 4.24. The standard InChI is InChI=1S/C14H12FNS2/c1-8-11(4-5-17-8)14(16)13-6-9-2-3-10(15)7-12(9)18-13/h2-7,14H,16H2,1H3. The number of halogens is 1. The van der Waals surface area contributed by atoms with Crippen molar-refractivity contribution in [2.24, 2.45) is 5.73 Å². The normalized spacial score (nSPS) is 13.1. The lowest BCUT2D eigenvalue weighted by Gasteiger charge is -2.08. The summed E-state index contributed by atoms with van der Waals surface area (Å²) in [5.41, 5.74) is 7.45. The third-order valence-corrected chi connectivity index (χ3v) is 5.08. The number of benzene rings is 1. The summed E-state index contributed by atoms with van der Waals surface area (Å²) >= 11 is 3.27. The van der Waals surface area contributed by atoms with E-state index in [2.05, 4.69) is 24.4 Å². The average molecular weight is 277 g/mol. The van der Waals surface area contributed by atoms with Crippen LogP contribution in [0.25, 0.3) is 10.1 Å². The molecule has 1 nitrogen and oxygen atoms in total. The van der Waals surface area contributed by atoms with E-state index >= 15 is 0 Å². The summed E-state index contributed by atoms with van der Waals surface area (Å²) in [7, 11) is 0. The maximum Gasteiger partial charge on any atom is 0.124 e. The van der Waals surface area contributed by atoms with Crippen LogP contribution in [-0.4, -0.2) is 0 Å². The summed E-state index contributed by atoms with van der Waals surface area (Å²) in [4.78, 5) is 2.32. The van der Waals surface area contributed by atoms with Gasteiger partial charge in [-0.15, -0.1) is 22.7 Å². The molecular formula is C14H12FNS2. The third-order valence-electron chi connectivity index (χ3n) is 3.04. The monoisotopic (exact) mass is 277 g/mol. The first kappa shape index (κ1) is 11.8. The Morgan fingerprint density at radius 1 is 1.22 bits per heavy atom. The highest BCUT2D eigenvalue weighted by Crippen LogP contribution is 2.34. The van der Waals surface area contributed by atoms with Crippen molar-refractivity contribution in [1.29, 1.82) is 0 Å². The van der Waals surface area contributed by atoms with E-state index in [9.17, 15) is 4.39 Å². The zero-order valence-corrected chi connectivity index (χ0v) is 11.4. The number of fused-ring (bicyclic) bond motifs is 1. The van der Waals surface area contributed by atoms with Crippen molar-refractivity contribution in [2.45, 2.75) is 13.0 Å². The fourth-order valence-corrected chi connectivity index (χ4v) is 3.91. The maximum absolute atomic E-state index is 13.2. The van der Waals surface area contributed by atoms with E-state index in [0.717, 1.165) is 20.5 Å². The summed E-state index contributed by atoms with van der Waals surface area (Å²) in [5.74, 6) is -0.198. The minimum absolute atomic E-state index is 0.114. The molecular weight excluding hydrogens is 265 g/mol. The Kier molecular flexibility index (Phi) is 2.93. The van der Waals surface area contributed by atoms with E-state index in [-0.39, 0.29) is 11.9 Å². The molecule has 0 amide bonds. The van der Waals surface area contributed by atoms with E-state index < -0.39 is 0 Å². The zero-order chi connectivity index (χ0) is 12.7. The Balaban J connectivity index is 2.07. The van der Waals surface area contributed by atoms with Gasteiger partial charge in [0.05, 0.1) is 6.04 Å². The van der Waals surface area contributed by atoms with E-state index in [4.69, 9.17) is 5.73 Å². The minimum Gasteiger partial charge on any atom is -0.320 e. The number of hydrogen-bond acceptors (Lipinski definition) is 3. The molecule has 0 saturated heterocycles. The van der Waals surface area contributed by atoms with Crippen molar-refractivity contribution >= 4 is 32.8 Å². The topological polar surface area (TPSA) is 26.0 Å². The predicted molar refractivity (Wildman–Crippen MR) is 76.9 cm³/mol. The first-order valence-electron chi connectivity index (χ1n) is 5.64. The van der Waals surface area contributed by atoms with E-state index in [1.165, 1.54) is 10.9 Å². The van der Waals surface area contributed by atoms with Gasteiger partial charge >= 0.3 is 0 Å². The molecule has 0 bridgehead atoms. The lowest BCUT2D eigenvalue weighted by atomic mass is 10.1. The van der Waals surface area contributed by atoms with Gasteiger partial charge in [0, 0.05) is 14.5 Å². The van der Waals surface area contributed by atoms with Gasteiger partial charge in [-0.25, -0.2) is 4.39 Å². The quantitative estimate of drug-likeness (QED) is 0.735. The second-order valence-corrected chi connectivity index (χ2v) is 6.48. The largest absolute Gasteiger partial charge is 0.320 e. The van der Waals surface area contributed by atoms with Crippen LogP contribution in [0, 0.1) is 12.7 Å². The molecule has 1 atom stereocenters. The van der Waals surface area contributed by atoms with Crippen molar-refractivity contribution in [3.8, 4) is 0 Å². The van der Waals surface area contributed by atoms with Crippen LogP contribution in [0.15, 0.2) is 35.7 Å². The molecule has 3 rings (SSSR count). The molecule has 3 aromatic rings. The number of hydrogen-bond donors (Lipinski definition) is 1. The fraction of sp³-hybridized carbons (Fsp3) is 0.143. The van der Waals surface area contributed by atoms with Crippen LogP contribution in [0.1, 0.15) is 21.4 Å². The summed E-state index contributed by atoms with van der Waals surface area (Å²) in [6.45, 7) is 2.08. The molecule has 0 saturated carbocycles. The van der Waals surface area contributed by atoms with Crippen LogP contribution in [-0.2, 0) is 0 Å². The molecule has 2 heterocycles. The number of rotatable bonds is 2. The van der Waals surface area contributed by atoms with Gasteiger partial charge in [-0.05, 0) is 47.5 Å². The number of thiophene rings is 2. The highest BCUT2D eigenvalue weighted by atomic mass is 32.1. The van der Waals surface area contributed by atoms with Gasteiger partial charge in [0.25, 0.3) is 0 Å². The lowest BCUT2D eigenvalue weighted by Crippen LogP contribution is -2.09. The Bertz CT molecular complexity index is 699. The molecule has 0 spiro atoms. The van der Waals surface area contributed by atoms with Gasteiger partial charge in [-0.1, -0.05) is 6.07 Å². The van der Waals surface area contributed by atoms with Crippen LogP contribution in [0.2, 0.25) is 0 Å². The Morgan fingerprint density at radius 2 is 2.06 bits per heavy atom. The Labute approximate surface area is 113 Å². The van der Waals surface area contributed by atoms with Gasteiger partial charge in [0.1, 0.15) is 5.82 Å². The van der Waals surface area contributed by atoms with Crippen molar-refractivity contribution in [1.82, 2.24) is 0 Å². The van der Waals surface area contributed by atoms with E-state index in [1.807, 2.05) is 0 Å². The zero-order valence-electron chi connectivity index (χ0n) is 9.81. The van der Waals surface area contributed by atoms with Crippen molar-refractivity contribution in [3.05, 3.63) is 56.8 Å². The maximum atomic E-state index is 13.2. The first-order chi connectivity index (χ1) is 8.65. The second kappa shape index (κ2) is 4.46. The Hall–Kier alpha value is -1.23. The number of nitrogens with two attached hydrogens (primary N) is 1. The van der Waals surface area contributed by atoms with Crippen molar-refractivity contribution < 1.29 is 4.39 Å². The van der Waals surface area contributed by atoms with Crippen LogP contribution in [0.3, 0.4) is 0 Å². The van der Waals surface area contributed by atoms with E-state index in [0.29, 0.717) is 0 Å². The fourth-order valence-electron chi connectivity index (χ4n) is 2.05. The van der Waals surface area contributed by atoms with Crippen LogP contribution in [0.4, 0.5) is 4.39 Å². The molecule has 2 aromatic heterocycles. The van der Waals surface area contributed by atoms with Gasteiger partial charge in [0.15, 0.2) is 0 Å². The lowest BCUT2D eigenvalue weighted by molar-refractivity contribution is 0.630. The molecule has 0 aliphatic carbocycles. The van der Waals surface area contributed by atoms with Gasteiger partial charge in [-0.3, -0.25) is 0 Å².